The summed E-state index contributed by atoms with van der Waals surface area (Å²) in [7, 11) is 0. The smallest absolute Gasteiger partial charge is 0.135 e. The lowest BCUT2D eigenvalue weighted by Crippen LogP contribution is -2.38. The van der Waals surface area contributed by atoms with Crippen molar-refractivity contribution in [1.29, 1.82) is 0 Å². The number of rotatable bonds is 8. The van der Waals surface area contributed by atoms with E-state index >= 15 is 0 Å². The van der Waals surface area contributed by atoms with Gasteiger partial charge in [-0.3, -0.25) is 0 Å². The summed E-state index contributed by atoms with van der Waals surface area (Å²) in [6, 6.07) is 0. The maximum atomic E-state index is 9.57. The van der Waals surface area contributed by atoms with Crippen molar-refractivity contribution in [2.45, 2.75) is 58.9 Å². The average Bonchev–Trinajstić information content (AvgIpc) is 2.44. The molecule has 0 saturated heterocycles. The highest BCUT2D eigenvalue weighted by Gasteiger charge is 2.24. The summed E-state index contributed by atoms with van der Waals surface area (Å²) in [6.45, 7) is 11.4. The van der Waals surface area contributed by atoms with Crippen LogP contribution in [0.25, 0.3) is 0 Å². The van der Waals surface area contributed by atoms with Crippen molar-refractivity contribution in [1.82, 2.24) is 9.97 Å². The minimum absolute atomic E-state index is 0.0722. The van der Waals surface area contributed by atoms with Crippen molar-refractivity contribution in [3.05, 3.63) is 11.9 Å². The number of nitrogens with one attached hydrogen (secondary N) is 2. The van der Waals surface area contributed by atoms with Gasteiger partial charge in [0.05, 0.1) is 12.1 Å². The molecule has 0 bridgehead atoms. The molecule has 0 spiro atoms. The fourth-order valence-electron chi connectivity index (χ4n) is 1.95. The van der Waals surface area contributed by atoms with Crippen molar-refractivity contribution < 1.29 is 5.11 Å². The first kappa shape index (κ1) is 16.7. The van der Waals surface area contributed by atoms with Gasteiger partial charge in [-0.25, -0.2) is 9.97 Å². The van der Waals surface area contributed by atoms with Crippen LogP contribution in [0.2, 0.25) is 0 Å². The SMILES string of the molecule is CCCNc1ncnc(NC(C)(CC)CO)c1C(C)C. The van der Waals surface area contributed by atoms with Crippen LogP contribution >= 0.6 is 0 Å². The zero-order chi connectivity index (χ0) is 15.2. The summed E-state index contributed by atoms with van der Waals surface area (Å²) in [5, 5.41) is 16.3. The van der Waals surface area contributed by atoms with E-state index < -0.39 is 0 Å². The van der Waals surface area contributed by atoms with Crippen LogP contribution in [-0.4, -0.2) is 33.8 Å². The first-order valence-electron chi connectivity index (χ1n) is 7.45. The number of aromatic nitrogens is 2. The van der Waals surface area contributed by atoms with Crippen molar-refractivity contribution >= 4 is 11.6 Å². The van der Waals surface area contributed by atoms with E-state index in [0.29, 0.717) is 5.92 Å². The lowest BCUT2D eigenvalue weighted by Gasteiger charge is -2.30. The molecule has 114 valence electrons. The second-order valence-corrected chi connectivity index (χ2v) is 5.76. The second-order valence-electron chi connectivity index (χ2n) is 5.76. The van der Waals surface area contributed by atoms with Gasteiger partial charge < -0.3 is 15.7 Å². The Morgan fingerprint density at radius 2 is 1.90 bits per heavy atom. The van der Waals surface area contributed by atoms with E-state index in [9.17, 15) is 5.11 Å². The third kappa shape index (κ3) is 4.07. The van der Waals surface area contributed by atoms with E-state index in [2.05, 4.69) is 48.3 Å². The van der Waals surface area contributed by atoms with E-state index in [1.165, 1.54) is 0 Å². The minimum atomic E-state index is -0.361. The molecule has 0 aliphatic heterocycles. The molecule has 1 aromatic heterocycles. The van der Waals surface area contributed by atoms with E-state index in [-0.39, 0.29) is 12.1 Å². The van der Waals surface area contributed by atoms with E-state index in [4.69, 9.17) is 0 Å². The number of nitrogens with zero attached hydrogens (tertiary/aromatic N) is 2. The van der Waals surface area contributed by atoms with Crippen LogP contribution < -0.4 is 10.6 Å². The van der Waals surface area contributed by atoms with Crippen LogP contribution in [0.1, 0.15) is 58.9 Å². The standard InChI is InChI=1S/C15H28N4O/c1-6-8-16-13-12(11(3)4)14(18-10-17-13)19-15(5,7-2)9-20/h10-11,20H,6-9H2,1-5H3,(H2,16,17,18,19). The van der Waals surface area contributed by atoms with Crippen LogP contribution in [0.3, 0.4) is 0 Å². The highest BCUT2D eigenvalue weighted by Crippen LogP contribution is 2.30. The monoisotopic (exact) mass is 280 g/mol. The summed E-state index contributed by atoms with van der Waals surface area (Å²) in [4.78, 5) is 8.73. The van der Waals surface area contributed by atoms with E-state index in [0.717, 1.165) is 36.6 Å². The molecule has 20 heavy (non-hydrogen) atoms. The maximum Gasteiger partial charge on any atom is 0.135 e. The Balaban J connectivity index is 3.12. The highest BCUT2D eigenvalue weighted by molar-refractivity contribution is 5.59. The van der Waals surface area contributed by atoms with Crippen molar-refractivity contribution in [3.63, 3.8) is 0 Å². The molecule has 0 saturated carbocycles. The van der Waals surface area contributed by atoms with Crippen LogP contribution in [0.15, 0.2) is 6.33 Å². The number of hydrogen-bond donors (Lipinski definition) is 3. The number of aliphatic hydroxyl groups is 1. The Kier molecular flexibility index (Phi) is 6.20. The summed E-state index contributed by atoms with van der Waals surface area (Å²) < 4.78 is 0. The van der Waals surface area contributed by atoms with Gasteiger partial charge in [-0.15, -0.1) is 0 Å². The molecule has 1 rings (SSSR count). The van der Waals surface area contributed by atoms with Gasteiger partial charge in [0, 0.05) is 12.1 Å². The van der Waals surface area contributed by atoms with E-state index in [1.807, 2.05) is 6.92 Å². The quantitative estimate of drug-likeness (QED) is 0.683. The average molecular weight is 280 g/mol. The molecule has 1 unspecified atom stereocenters. The van der Waals surface area contributed by atoms with Crippen molar-refractivity contribution in [3.8, 4) is 0 Å². The topological polar surface area (TPSA) is 70.1 Å². The summed E-state index contributed by atoms with van der Waals surface area (Å²) in [5.41, 5.74) is 0.717. The Labute approximate surface area is 122 Å². The minimum Gasteiger partial charge on any atom is -0.394 e. The zero-order valence-corrected chi connectivity index (χ0v) is 13.3. The molecule has 5 nitrogen and oxygen atoms in total. The Morgan fingerprint density at radius 1 is 1.25 bits per heavy atom. The van der Waals surface area contributed by atoms with Gasteiger partial charge in [0.1, 0.15) is 18.0 Å². The van der Waals surface area contributed by atoms with Crippen LogP contribution in [0.4, 0.5) is 11.6 Å². The molecular formula is C15H28N4O. The third-order valence-corrected chi connectivity index (χ3v) is 3.55. The van der Waals surface area contributed by atoms with Gasteiger partial charge in [0.25, 0.3) is 0 Å². The molecule has 0 aliphatic carbocycles. The predicted molar refractivity (Wildman–Crippen MR) is 84.3 cm³/mol. The molecule has 0 radical (unpaired) electrons. The second kappa shape index (κ2) is 7.43. The van der Waals surface area contributed by atoms with Crippen LogP contribution in [0, 0.1) is 0 Å². The van der Waals surface area contributed by atoms with Gasteiger partial charge >= 0.3 is 0 Å². The summed E-state index contributed by atoms with van der Waals surface area (Å²) in [6.07, 6.45) is 3.44. The summed E-state index contributed by atoms with van der Waals surface area (Å²) in [5.74, 6) is 2.00. The van der Waals surface area contributed by atoms with E-state index in [1.54, 1.807) is 6.33 Å². The molecule has 0 aromatic carbocycles. The maximum absolute atomic E-state index is 9.57. The van der Waals surface area contributed by atoms with Crippen LogP contribution in [-0.2, 0) is 0 Å². The number of aliphatic hydroxyl groups excluding tert-OH is 1. The van der Waals surface area contributed by atoms with Gasteiger partial charge in [0.15, 0.2) is 0 Å². The normalized spacial score (nSPS) is 14.2. The Morgan fingerprint density at radius 3 is 2.40 bits per heavy atom. The van der Waals surface area contributed by atoms with Gasteiger partial charge in [-0.05, 0) is 25.7 Å². The predicted octanol–water partition coefficient (Wildman–Crippen LogP) is 2.99. The molecule has 0 fully saturated rings. The molecule has 0 aliphatic rings. The molecule has 1 heterocycles. The Bertz CT molecular complexity index is 416. The molecule has 1 aromatic rings. The fraction of sp³-hybridized carbons (Fsp3) is 0.733. The molecule has 1 atom stereocenters. The number of hydrogen-bond acceptors (Lipinski definition) is 5. The lowest BCUT2D eigenvalue weighted by atomic mass is 9.98. The lowest BCUT2D eigenvalue weighted by molar-refractivity contribution is 0.218. The zero-order valence-electron chi connectivity index (χ0n) is 13.3. The molecule has 3 N–H and O–H groups in total. The van der Waals surface area contributed by atoms with Gasteiger partial charge in [0.2, 0.25) is 0 Å². The van der Waals surface area contributed by atoms with Crippen molar-refractivity contribution in [2.75, 3.05) is 23.8 Å². The summed E-state index contributed by atoms with van der Waals surface area (Å²) >= 11 is 0. The van der Waals surface area contributed by atoms with Gasteiger partial charge in [-0.2, -0.15) is 0 Å². The van der Waals surface area contributed by atoms with Gasteiger partial charge in [-0.1, -0.05) is 27.7 Å². The molecule has 5 heteroatoms. The largest absolute Gasteiger partial charge is 0.394 e. The molecule has 0 amide bonds. The highest BCUT2D eigenvalue weighted by atomic mass is 16.3. The number of anilines is 2. The Hall–Kier alpha value is -1.36. The molecular weight excluding hydrogens is 252 g/mol. The first-order chi connectivity index (χ1) is 9.47. The van der Waals surface area contributed by atoms with Crippen molar-refractivity contribution in [2.24, 2.45) is 0 Å². The fourth-order valence-corrected chi connectivity index (χ4v) is 1.95. The first-order valence-corrected chi connectivity index (χ1v) is 7.45. The third-order valence-electron chi connectivity index (χ3n) is 3.55. The van der Waals surface area contributed by atoms with Crippen LogP contribution in [0.5, 0.6) is 0 Å².